The lowest BCUT2D eigenvalue weighted by molar-refractivity contribution is -0.115. The average Bonchev–Trinajstić information content (AvgIpc) is 2.53. The van der Waals surface area contributed by atoms with E-state index in [9.17, 15) is 4.79 Å². The zero-order valence-electron chi connectivity index (χ0n) is 12.1. The van der Waals surface area contributed by atoms with Gasteiger partial charge in [0.25, 0.3) is 0 Å². The van der Waals surface area contributed by atoms with Gasteiger partial charge in [-0.2, -0.15) is 0 Å². The van der Waals surface area contributed by atoms with Crippen LogP contribution in [0.2, 0.25) is 5.02 Å². The number of carbonyl (C=O) groups is 1. The fraction of sp³-hybridized carbons (Fsp3) is 0.111. The second kappa shape index (κ2) is 6.16. The molecule has 3 rings (SSSR count). The maximum Gasteiger partial charge on any atom is 0.228 e. The van der Waals surface area contributed by atoms with E-state index in [2.05, 4.69) is 10.3 Å². The number of hydrogen-bond donors (Lipinski definition) is 1. The molecule has 1 aromatic heterocycles. The molecule has 0 bridgehead atoms. The summed E-state index contributed by atoms with van der Waals surface area (Å²) in [6.45, 7) is 2.01. The van der Waals surface area contributed by atoms with Crippen molar-refractivity contribution in [1.82, 2.24) is 4.98 Å². The quantitative estimate of drug-likeness (QED) is 0.780. The van der Waals surface area contributed by atoms with Crippen molar-refractivity contribution in [3.05, 3.63) is 70.9 Å². The van der Waals surface area contributed by atoms with Gasteiger partial charge in [0, 0.05) is 16.6 Å². The normalized spacial score (nSPS) is 10.6. The molecule has 1 heterocycles. The Kier molecular flexibility index (Phi) is 4.07. The summed E-state index contributed by atoms with van der Waals surface area (Å²) in [5.74, 6) is -0.0590. The molecule has 4 heteroatoms. The molecule has 3 nitrogen and oxygen atoms in total. The van der Waals surface area contributed by atoms with E-state index in [1.54, 1.807) is 18.3 Å². The zero-order chi connectivity index (χ0) is 15.5. The summed E-state index contributed by atoms with van der Waals surface area (Å²) in [5.41, 5.74) is 3.71. The van der Waals surface area contributed by atoms with Gasteiger partial charge < -0.3 is 5.32 Å². The second-order valence-electron chi connectivity index (χ2n) is 5.18. The molecule has 0 unspecified atom stereocenters. The molecule has 0 saturated heterocycles. The molecule has 0 aliphatic carbocycles. The summed E-state index contributed by atoms with van der Waals surface area (Å²) in [7, 11) is 0. The van der Waals surface area contributed by atoms with Gasteiger partial charge in [0.1, 0.15) is 0 Å². The number of amides is 1. The third-order valence-electron chi connectivity index (χ3n) is 3.52. The van der Waals surface area contributed by atoms with E-state index in [4.69, 9.17) is 11.6 Å². The van der Waals surface area contributed by atoms with E-state index in [1.165, 1.54) is 0 Å². The maximum atomic E-state index is 12.2. The number of pyridine rings is 1. The zero-order valence-corrected chi connectivity index (χ0v) is 12.9. The number of carbonyl (C=O) groups excluding carboxylic acids is 1. The number of hydrogen-bond acceptors (Lipinski definition) is 2. The highest BCUT2D eigenvalue weighted by molar-refractivity contribution is 6.30. The third kappa shape index (κ3) is 3.10. The summed E-state index contributed by atoms with van der Waals surface area (Å²) in [6, 6.07) is 15.0. The molecular formula is C18H15ClN2O. The monoisotopic (exact) mass is 310 g/mol. The molecule has 0 fully saturated rings. The van der Waals surface area contributed by atoms with Crippen LogP contribution in [0, 0.1) is 6.92 Å². The molecule has 0 aliphatic rings. The highest BCUT2D eigenvalue weighted by Gasteiger charge is 2.08. The summed E-state index contributed by atoms with van der Waals surface area (Å²) in [5, 5.41) is 4.58. The number of nitrogens with one attached hydrogen (secondary N) is 1. The lowest BCUT2D eigenvalue weighted by atomic mass is 10.1. The fourth-order valence-electron chi connectivity index (χ4n) is 2.40. The molecule has 0 spiro atoms. The van der Waals surface area contributed by atoms with Crippen LogP contribution in [-0.2, 0) is 11.2 Å². The molecule has 1 amide bonds. The SMILES string of the molecule is Cc1ccc(NC(=O)Cc2ccc(Cl)cc2)c2cccnc12. The van der Waals surface area contributed by atoms with Gasteiger partial charge in [-0.3, -0.25) is 9.78 Å². The lowest BCUT2D eigenvalue weighted by Crippen LogP contribution is -2.14. The Balaban J connectivity index is 1.82. The summed E-state index contributed by atoms with van der Waals surface area (Å²) in [4.78, 5) is 16.6. The van der Waals surface area contributed by atoms with Crippen LogP contribution in [0.5, 0.6) is 0 Å². The number of nitrogens with zero attached hydrogens (tertiary/aromatic N) is 1. The van der Waals surface area contributed by atoms with Crippen molar-refractivity contribution in [2.45, 2.75) is 13.3 Å². The second-order valence-corrected chi connectivity index (χ2v) is 5.62. The maximum absolute atomic E-state index is 12.2. The van der Waals surface area contributed by atoms with Crippen LogP contribution in [0.25, 0.3) is 10.9 Å². The van der Waals surface area contributed by atoms with Gasteiger partial charge in [-0.15, -0.1) is 0 Å². The summed E-state index contributed by atoms with van der Waals surface area (Å²) >= 11 is 5.85. The first-order chi connectivity index (χ1) is 10.6. The van der Waals surface area contributed by atoms with Crippen molar-refractivity contribution in [1.29, 1.82) is 0 Å². The molecule has 0 aliphatic heterocycles. The van der Waals surface area contributed by atoms with Gasteiger partial charge in [0.2, 0.25) is 5.91 Å². The number of fused-ring (bicyclic) bond motifs is 1. The van der Waals surface area contributed by atoms with Crippen LogP contribution in [0.1, 0.15) is 11.1 Å². The van der Waals surface area contributed by atoms with Crippen molar-refractivity contribution in [3.63, 3.8) is 0 Å². The van der Waals surface area contributed by atoms with Crippen molar-refractivity contribution in [3.8, 4) is 0 Å². The Morgan fingerprint density at radius 3 is 2.68 bits per heavy atom. The van der Waals surface area contributed by atoms with Gasteiger partial charge in [-0.1, -0.05) is 29.8 Å². The Bertz CT molecular complexity index is 828. The van der Waals surface area contributed by atoms with Crippen molar-refractivity contribution < 1.29 is 4.79 Å². The average molecular weight is 311 g/mol. The summed E-state index contributed by atoms with van der Waals surface area (Å²) in [6.07, 6.45) is 2.07. The van der Waals surface area contributed by atoms with Crippen LogP contribution in [0.4, 0.5) is 5.69 Å². The van der Waals surface area contributed by atoms with E-state index in [-0.39, 0.29) is 5.91 Å². The van der Waals surface area contributed by atoms with Crippen LogP contribution >= 0.6 is 11.6 Å². The van der Waals surface area contributed by atoms with E-state index < -0.39 is 0 Å². The highest BCUT2D eigenvalue weighted by Crippen LogP contribution is 2.24. The molecule has 2 aromatic carbocycles. The first-order valence-electron chi connectivity index (χ1n) is 7.02. The molecule has 3 aromatic rings. The first kappa shape index (κ1) is 14.5. The third-order valence-corrected chi connectivity index (χ3v) is 3.78. The van der Waals surface area contributed by atoms with Crippen molar-refractivity contribution >= 4 is 34.1 Å². The molecule has 0 radical (unpaired) electrons. The van der Waals surface area contributed by atoms with Gasteiger partial charge in [0.05, 0.1) is 17.6 Å². The minimum absolute atomic E-state index is 0.0590. The highest BCUT2D eigenvalue weighted by atomic mass is 35.5. The topological polar surface area (TPSA) is 42.0 Å². The van der Waals surface area contributed by atoms with Crippen LogP contribution in [0.15, 0.2) is 54.7 Å². The minimum atomic E-state index is -0.0590. The number of halogens is 1. The Morgan fingerprint density at radius 1 is 1.14 bits per heavy atom. The lowest BCUT2D eigenvalue weighted by Gasteiger charge is -2.10. The predicted molar refractivity (Wildman–Crippen MR) is 90.3 cm³/mol. The molecular weight excluding hydrogens is 296 g/mol. The largest absolute Gasteiger partial charge is 0.325 e. The molecule has 1 N–H and O–H groups in total. The van der Waals surface area contributed by atoms with E-state index in [1.807, 2.05) is 43.3 Å². The number of rotatable bonds is 3. The van der Waals surface area contributed by atoms with Gasteiger partial charge in [0.15, 0.2) is 0 Å². The predicted octanol–water partition coefficient (Wildman–Crippen LogP) is 4.38. The molecule has 22 heavy (non-hydrogen) atoms. The van der Waals surface area contributed by atoms with E-state index >= 15 is 0 Å². The van der Waals surface area contributed by atoms with Gasteiger partial charge in [-0.05, 0) is 48.4 Å². The molecule has 0 atom stereocenters. The molecule has 110 valence electrons. The van der Waals surface area contributed by atoms with Crippen LogP contribution < -0.4 is 5.32 Å². The Hall–Kier alpha value is -2.39. The smallest absolute Gasteiger partial charge is 0.228 e. The standard InChI is InChI=1S/C18H15ClN2O/c1-12-4-9-16(15-3-2-10-20-18(12)15)21-17(22)11-13-5-7-14(19)8-6-13/h2-10H,11H2,1H3,(H,21,22). The van der Waals surface area contributed by atoms with Gasteiger partial charge in [-0.25, -0.2) is 0 Å². The molecule has 0 saturated carbocycles. The number of aromatic nitrogens is 1. The first-order valence-corrected chi connectivity index (χ1v) is 7.40. The Labute approximate surface area is 133 Å². The number of anilines is 1. The Morgan fingerprint density at radius 2 is 1.91 bits per heavy atom. The number of aryl methyl sites for hydroxylation is 1. The van der Waals surface area contributed by atoms with E-state index in [0.717, 1.165) is 27.7 Å². The van der Waals surface area contributed by atoms with Crippen LogP contribution in [0.3, 0.4) is 0 Å². The van der Waals surface area contributed by atoms with Crippen LogP contribution in [-0.4, -0.2) is 10.9 Å². The van der Waals surface area contributed by atoms with Crippen molar-refractivity contribution in [2.24, 2.45) is 0 Å². The van der Waals surface area contributed by atoms with Gasteiger partial charge >= 0.3 is 0 Å². The van der Waals surface area contributed by atoms with Crippen molar-refractivity contribution in [2.75, 3.05) is 5.32 Å². The fourth-order valence-corrected chi connectivity index (χ4v) is 2.53. The summed E-state index contributed by atoms with van der Waals surface area (Å²) < 4.78 is 0. The minimum Gasteiger partial charge on any atom is -0.325 e. The van der Waals surface area contributed by atoms with E-state index in [0.29, 0.717) is 11.4 Å². The number of benzene rings is 2.